The van der Waals surface area contributed by atoms with E-state index in [1.54, 1.807) is 0 Å². The first-order valence-corrected chi connectivity index (χ1v) is 7.30. The van der Waals surface area contributed by atoms with Crippen LogP contribution in [0.2, 0.25) is 0 Å². The molecule has 1 aliphatic rings. The molecule has 0 aromatic rings. The van der Waals surface area contributed by atoms with E-state index in [1.165, 1.54) is 25.7 Å². The average Bonchev–Trinajstić information content (AvgIpc) is 2.62. The van der Waals surface area contributed by atoms with Crippen LogP contribution >= 0.6 is 15.9 Å². The lowest BCUT2D eigenvalue weighted by Gasteiger charge is -2.29. The van der Waals surface area contributed by atoms with Crippen LogP contribution in [0.3, 0.4) is 0 Å². The van der Waals surface area contributed by atoms with Crippen molar-refractivity contribution >= 4 is 15.9 Å². The molecule has 1 atom stereocenters. The molecule has 1 aliphatic carbocycles. The topological polar surface area (TPSA) is 9.23 Å². The summed E-state index contributed by atoms with van der Waals surface area (Å²) in [5.41, 5.74) is 0.346. The fourth-order valence-electron chi connectivity index (χ4n) is 2.08. The summed E-state index contributed by atoms with van der Waals surface area (Å²) in [5, 5.41) is 1.04. The predicted molar refractivity (Wildman–Crippen MR) is 69.5 cm³/mol. The van der Waals surface area contributed by atoms with Gasteiger partial charge in [0.15, 0.2) is 0 Å². The molecular formula is C13H25BrO. The summed E-state index contributed by atoms with van der Waals surface area (Å²) in [6.45, 7) is 8.76. The highest BCUT2D eigenvalue weighted by atomic mass is 79.9. The molecule has 0 N–H and O–H groups in total. The van der Waals surface area contributed by atoms with Gasteiger partial charge in [0, 0.05) is 11.9 Å². The summed E-state index contributed by atoms with van der Waals surface area (Å²) in [6, 6.07) is 0. The summed E-state index contributed by atoms with van der Waals surface area (Å²) in [7, 11) is 0. The van der Waals surface area contributed by atoms with Crippen LogP contribution in [0.4, 0.5) is 0 Å². The minimum atomic E-state index is 0.346. The number of rotatable bonds is 5. The number of alkyl halides is 1. The van der Waals surface area contributed by atoms with Crippen LogP contribution in [0, 0.1) is 17.3 Å². The van der Waals surface area contributed by atoms with E-state index >= 15 is 0 Å². The third-order valence-corrected chi connectivity index (χ3v) is 4.34. The zero-order valence-electron chi connectivity index (χ0n) is 10.4. The fourth-order valence-corrected chi connectivity index (χ4v) is 3.24. The Hall–Kier alpha value is 0.440. The minimum Gasteiger partial charge on any atom is -0.381 e. The minimum absolute atomic E-state index is 0.346. The van der Waals surface area contributed by atoms with E-state index in [9.17, 15) is 0 Å². The number of hydrogen-bond acceptors (Lipinski definition) is 1. The van der Waals surface area contributed by atoms with Crippen LogP contribution in [-0.2, 0) is 4.74 Å². The lowest BCUT2D eigenvalue weighted by molar-refractivity contribution is 0.0467. The molecule has 0 saturated heterocycles. The van der Waals surface area contributed by atoms with E-state index < -0.39 is 0 Å². The van der Waals surface area contributed by atoms with Crippen molar-refractivity contribution in [1.29, 1.82) is 0 Å². The third-order valence-electron chi connectivity index (χ3n) is 3.56. The highest BCUT2D eigenvalue weighted by Crippen LogP contribution is 2.29. The summed E-state index contributed by atoms with van der Waals surface area (Å²) < 4.78 is 5.87. The van der Waals surface area contributed by atoms with Crippen molar-refractivity contribution in [3.63, 3.8) is 0 Å². The molecule has 1 nitrogen and oxygen atoms in total. The van der Waals surface area contributed by atoms with Crippen LogP contribution in [-0.4, -0.2) is 18.5 Å². The maximum atomic E-state index is 5.87. The molecule has 0 radical (unpaired) electrons. The number of ether oxygens (including phenoxy) is 1. The zero-order valence-corrected chi connectivity index (χ0v) is 12.0. The van der Waals surface area contributed by atoms with Gasteiger partial charge in [0.2, 0.25) is 0 Å². The van der Waals surface area contributed by atoms with Crippen LogP contribution < -0.4 is 0 Å². The van der Waals surface area contributed by atoms with Gasteiger partial charge in [-0.3, -0.25) is 0 Å². The third kappa shape index (κ3) is 4.86. The van der Waals surface area contributed by atoms with Crippen LogP contribution in [0.5, 0.6) is 0 Å². The van der Waals surface area contributed by atoms with Gasteiger partial charge >= 0.3 is 0 Å². The molecule has 90 valence electrons. The second-order valence-electron chi connectivity index (χ2n) is 5.91. The molecule has 1 unspecified atom stereocenters. The maximum absolute atomic E-state index is 5.87. The van der Waals surface area contributed by atoms with Gasteiger partial charge in [-0.15, -0.1) is 0 Å². The summed E-state index contributed by atoms with van der Waals surface area (Å²) in [4.78, 5) is 0. The number of halogens is 1. The lowest BCUT2D eigenvalue weighted by Crippen LogP contribution is -2.27. The SMILES string of the molecule is CC(C)(C)C(CBr)COCC1CCCC1. The van der Waals surface area contributed by atoms with Crippen molar-refractivity contribution in [1.82, 2.24) is 0 Å². The Morgan fingerprint density at radius 2 is 1.87 bits per heavy atom. The van der Waals surface area contributed by atoms with Crippen molar-refractivity contribution < 1.29 is 4.74 Å². The van der Waals surface area contributed by atoms with Gasteiger partial charge < -0.3 is 4.74 Å². The molecule has 0 aromatic carbocycles. The Bertz CT molecular complexity index is 168. The van der Waals surface area contributed by atoms with Gasteiger partial charge in [-0.25, -0.2) is 0 Å². The predicted octanol–water partition coefficient (Wildman–Crippen LogP) is 4.25. The van der Waals surface area contributed by atoms with Crippen LogP contribution in [0.1, 0.15) is 46.5 Å². The first kappa shape index (κ1) is 13.5. The van der Waals surface area contributed by atoms with Crippen molar-refractivity contribution in [2.24, 2.45) is 17.3 Å². The quantitative estimate of drug-likeness (QED) is 0.683. The largest absolute Gasteiger partial charge is 0.381 e. The van der Waals surface area contributed by atoms with Gasteiger partial charge in [-0.05, 0) is 30.1 Å². The molecular weight excluding hydrogens is 252 g/mol. The zero-order chi connectivity index (χ0) is 11.3. The molecule has 0 heterocycles. The molecule has 1 fully saturated rings. The van der Waals surface area contributed by atoms with Gasteiger partial charge in [-0.1, -0.05) is 49.5 Å². The molecule has 0 spiro atoms. The van der Waals surface area contributed by atoms with Crippen LogP contribution in [0.15, 0.2) is 0 Å². The van der Waals surface area contributed by atoms with Gasteiger partial charge in [0.25, 0.3) is 0 Å². The first-order chi connectivity index (χ1) is 7.04. The van der Waals surface area contributed by atoms with Crippen molar-refractivity contribution in [2.45, 2.75) is 46.5 Å². The van der Waals surface area contributed by atoms with E-state index in [2.05, 4.69) is 36.7 Å². The van der Waals surface area contributed by atoms with Gasteiger partial charge in [0.1, 0.15) is 0 Å². The second kappa shape index (κ2) is 6.24. The standard InChI is InChI=1S/C13H25BrO/c1-13(2,3)12(8-14)10-15-9-11-6-4-5-7-11/h11-12H,4-10H2,1-3H3. The van der Waals surface area contributed by atoms with Crippen molar-refractivity contribution in [3.8, 4) is 0 Å². The molecule has 0 aliphatic heterocycles. The smallest absolute Gasteiger partial charge is 0.0507 e. The maximum Gasteiger partial charge on any atom is 0.0507 e. The van der Waals surface area contributed by atoms with E-state index in [4.69, 9.17) is 4.74 Å². The lowest BCUT2D eigenvalue weighted by atomic mass is 9.83. The summed E-state index contributed by atoms with van der Waals surface area (Å²) >= 11 is 3.59. The Balaban J connectivity index is 2.16. The van der Waals surface area contributed by atoms with Crippen molar-refractivity contribution in [2.75, 3.05) is 18.5 Å². The monoisotopic (exact) mass is 276 g/mol. The summed E-state index contributed by atoms with van der Waals surface area (Å²) in [6.07, 6.45) is 5.59. The highest BCUT2D eigenvalue weighted by Gasteiger charge is 2.24. The van der Waals surface area contributed by atoms with E-state index in [-0.39, 0.29) is 0 Å². The van der Waals surface area contributed by atoms with Gasteiger partial charge in [0.05, 0.1) is 6.61 Å². The normalized spacial score (nSPS) is 20.8. The average molecular weight is 277 g/mol. The Kier molecular flexibility index (Phi) is 5.62. The molecule has 0 bridgehead atoms. The second-order valence-corrected chi connectivity index (χ2v) is 6.55. The molecule has 0 amide bonds. The van der Waals surface area contributed by atoms with E-state index in [0.29, 0.717) is 11.3 Å². The van der Waals surface area contributed by atoms with Crippen molar-refractivity contribution in [3.05, 3.63) is 0 Å². The Morgan fingerprint density at radius 3 is 2.33 bits per heavy atom. The molecule has 1 rings (SSSR count). The summed E-state index contributed by atoms with van der Waals surface area (Å²) in [5.74, 6) is 1.47. The Morgan fingerprint density at radius 1 is 1.27 bits per heavy atom. The Labute approximate surface area is 103 Å². The van der Waals surface area contributed by atoms with Crippen LogP contribution in [0.25, 0.3) is 0 Å². The highest BCUT2D eigenvalue weighted by molar-refractivity contribution is 9.09. The van der Waals surface area contributed by atoms with E-state index in [1.807, 2.05) is 0 Å². The van der Waals surface area contributed by atoms with Gasteiger partial charge in [-0.2, -0.15) is 0 Å². The fraction of sp³-hybridized carbons (Fsp3) is 1.00. The molecule has 0 aromatic heterocycles. The number of hydrogen-bond donors (Lipinski definition) is 0. The van der Waals surface area contributed by atoms with E-state index in [0.717, 1.165) is 24.5 Å². The first-order valence-electron chi connectivity index (χ1n) is 6.17. The molecule has 2 heteroatoms. The molecule has 15 heavy (non-hydrogen) atoms. The molecule has 1 saturated carbocycles.